The van der Waals surface area contributed by atoms with Gasteiger partial charge in [0.25, 0.3) is 0 Å². The number of benzene rings is 1. The summed E-state index contributed by atoms with van der Waals surface area (Å²) in [6, 6.07) is 5.30. The van der Waals surface area contributed by atoms with Crippen LogP contribution < -0.4 is 0 Å². The monoisotopic (exact) mass is 301 g/mol. The van der Waals surface area contributed by atoms with Crippen molar-refractivity contribution in [2.24, 2.45) is 5.41 Å². The van der Waals surface area contributed by atoms with E-state index in [2.05, 4.69) is 20.8 Å². The van der Waals surface area contributed by atoms with Gasteiger partial charge in [0.1, 0.15) is 0 Å². The minimum absolute atomic E-state index is 0.0190. The number of halogens is 2. The van der Waals surface area contributed by atoms with Crippen LogP contribution in [0.2, 0.25) is 10.0 Å². The van der Waals surface area contributed by atoms with Crippen molar-refractivity contribution in [1.29, 1.82) is 0 Å². The van der Waals surface area contributed by atoms with E-state index in [9.17, 15) is 4.79 Å². The molecule has 1 unspecified atom stereocenters. The van der Waals surface area contributed by atoms with Gasteiger partial charge < -0.3 is 4.90 Å². The van der Waals surface area contributed by atoms with Crippen LogP contribution in [0, 0.1) is 5.41 Å². The van der Waals surface area contributed by atoms with Gasteiger partial charge in [-0.2, -0.15) is 0 Å². The predicted octanol–water partition coefficient (Wildman–Crippen LogP) is 4.95. The first kappa shape index (κ1) is 16.3. The topological polar surface area (TPSA) is 20.3 Å². The van der Waals surface area contributed by atoms with E-state index in [-0.39, 0.29) is 17.4 Å². The summed E-state index contributed by atoms with van der Waals surface area (Å²) in [7, 11) is 1.81. The maximum atomic E-state index is 12.2. The minimum Gasteiger partial charge on any atom is -0.339 e. The average Bonchev–Trinajstić information content (AvgIpc) is 2.24. The van der Waals surface area contributed by atoms with E-state index in [0.29, 0.717) is 16.5 Å². The molecule has 106 valence electrons. The van der Waals surface area contributed by atoms with Crippen molar-refractivity contribution in [2.75, 3.05) is 7.05 Å². The van der Waals surface area contributed by atoms with E-state index in [1.807, 2.05) is 20.0 Å². The van der Waals surface area contributed by atoms with E-state index in [4.69, 9.17) is 23.2 Å². The Morgan fingerprint density at radius 3 is 2.37 bits per heavy atom. The number of hydrogen-bond donors (Lipinski definition) is 0. The first-order valence-corrected chi connectivity index (χ1v) is 7.08. The van der Waals surface area contributed by atoms with Crippen LogP contribution in [-0.2, 0) is 4.79 Å². The molecule has 0 aliphatic rings. The highest BCUT2D eigenvalue weighted by Gasteiger charge is 2.23. The fraction of sp³-hybridized carbons (Fsp3) is 0.533. The lowest BCUT2D eigenvalue weighted by Crippen LogP contribution is -2.32. The van der Waals surface area contributed by atoms with E-state index in [0.717, 1.165) is 5.56 Å². The summed E-state index contributed by atoms with van der Waals surface area (Å²) in [5.74, 6) is 0.117. The third-order valence-corrected chi connectivity index (χ3v) is 3.63. The lowest BCUT2D eigenvalue weighted by molar-refractivity contribution is -0.133. The van der Waals surface area contributed by atoms with Gasteiger partial charge in [0.2, 0.25) is 5.91 Å². The summed E-state index contributed by atoms with van der Waals surface area (Å²) in [5.41, 5.74) is 0.894. The lowest BCUT2D eigenvalue weighted by atomic mass is 9.91. The number of rotatable bonds is 3. The maximum Gasteiger partial charge on any atom is 0.223 e. The zero-order valence-electron chi connectivity index (χ0n) is 12.1. The first-order valence-electron chi connectivity index (χ1n) is 6.32. The molecule has 1 atom stereocenters. The Hall–Kier alpha value is -0.730. The average molecular weight is 302 g/mol. The van der Waals surface area contributed by atoms with Crippen molar-refractivity contribution in [3.63, 3.8) is 0 Å². The summed E-state index contributed by atoms with van der Waals surface area (Å²) < 4.78 is 0. The molecule has 4 heteroatoms. The standard InChI is InChI=1S/C15H21Cl2NO/c1-10(12-7-6-11(16)8-13(12)17)18(5)14(19)9-15(2,3)4/h6-8,10H,9H2,1-5H3. The zero-order chi connectivity index (χ0) is 14.8. The molecule has 0 aromatic heterocycles. The van der Waals surface area contributed by atoms with E-state index >= 15 is 0 Å². The molecule has 0 N–H and O–H groups in total. The highest BCUT2D eigenvalue weighted by Crippen LogP contribution is 2.30. The van der Waals surface area contributed by atoms with Gasteiger partial charge in [0.15, 0.2) is 0 Å². The zero-order valence-corrected chi connectivity index (χ0v) is 13.6. The Morgan fingerprint density at radius 2 is 1.89 bits per heavy atom. The quantitative estimate of drug-likeness (QED) is 0.773. The molecular weight excluding hydrogens is 281 g/mol. The van der Waals surface area contributed by atoms with Crippen LogP contribution >= 0.6 is 23.2 Å². The highest BCUT2D eigenvalue weighted by atomic mass is 35.5. The molecule has 0 fully saturated rings. The molecule has 0 aliphatic heterocycles. The van der Waals surface area contributed by atoms with E-state index < -0.39 is 0 Å². The highest BCUT2D eigenvalue weighted by molar-refractivity contribution is 6.35. The molecule has 19 heavy (non-hydrogen) atoms. The predicted molar refractivity (Wildman–Crippen MR) is 81.7 cm³/mol. The summed E-state index contributed by atoms with van der Waals surface area (Å²) in [5, 5.41) is 1.19. The fourth-order valence-corrected chi connectivity index (χ4v) is 2.41. The Bertz CT molecular complexity index is 466. The van der Waals surface area contributed by atoms with Crippen molar-refractivity contribution >= 4 is 29.1 Å². The molecule has 0 saturated heterocycles. The Morgan fingerprint density at radius 1 is 1.32 bits per heavy atom. The second-order valence-corrected chi connectivity index (χ2v) is 6.93. The summed E-state index contributed by atoms with van der Waals surface area (Å²) in [6.07, 6.45) is 0.513. The third-order valence-electron chi connectivity index (χ3n) is 3.07. The minimum atomic E-state index is -0.0698. The SMILES string of the molecule is CC(c1ccc(Cl)cc1Cl)N(C)C(=O)CC(C)(C)C. The molecule has 1 amide bonds. The Labute approximate surface area is 125 Å². The molecule has 1 aromatic carbocycles. The lowest BCUT2D eigenvalue weighted by Gasteiger charge is -2.29. The molecule has 0 heterocycles. The van der Waals surface area contributed by atoms with E-state index in [1.54, 1.807) is 17.0 Å². The van der Waals surface area contributed by atoms with Crippen LogP contribution in [0.3, 0.4) is 0 Å². The van der Waals surface area contributed by atoms with Crippen LogP contribution in [0.25, 0.3) is 0 Å². The van der Waals surface area contributed by atoms with Gasteiger partial charge in [0, 0.05) is 23.5 Å². The van der Waals surface area contributed by atoms with Gasteiger partial charge in [-0.25, -0.2) is 0 Å². The number of carbonyl (C=O) groups is 1. The summed E-state index contributed by atoms with van der Waals surface area (Å²) in [4.78, 5) is 13.9. The van der Waals surface area contributed by atoms with Crippen LogP contribution in [0.15, 0.2) is 18.2 Å². The number of amides is 1. The normalized spacial score (nSPS) is 13.2. The van der Waals surface area contributed by atoms with Crippen LogP contribution in [0.5, 0.6) is 0 Å². The fourth-order valence-electron chi connectivity index (χ4n) is 1.84. The molecule has 0 aliphatic carbocycles. The van der Waals surface area contributed by atoms with Crippen molar-refractivity contribution in [3.8, 4) is 0 Å². The first-order chi connectivity index (χ1) is 8.61. The van der Waals surface area contributed by atoms with Crippen molar-refractivity contribution < 1.29 is 4.79 Å². The van der Waals surface area contributed by atoms with E-state index in [1.165, 1.54) is 0 Å². The second kappa shape index (κ2) is 6.15. The number of hydrogen-bond acceptors (Lipinski definition) is 1. The van der Waals surface area contributed by atoms with Crippen LogP contribution in [0.1, 0.15) is 45.7 Å². The van der Waals surface area contributed by atoms with Crippen molar-refractivity contribution in [3.05, 3.63) is 33.8 Å². The Balaban J connectivity index is 2.87. The van der Waals surface area contributed by atoms with Gasteiger partial charge in [0.05, 0.1) is 6.04 Å². The van der Waals surface area contributed by atoms with Crippen molar-refractivity contribution in [2.45, 2.75) is 40.2 Å². The second-order valence-electron chi connectivity index (χ2n) is 6.08. The van der Waals surface area contributed by atoms with Crippen LogP contribution in [0.4, 0.5) is 0 Å². The summed E-state index contributed by atoms with van der Waals surface area (Å²) >= 11 is 12.1. The van der Waals surface area contributed by atoms with Gasteiger partial charge in [-0.15, -0.1) is 0 Å². The molecule has 2 nitrogen and oxygen atoms in total. The van der Waals surface area contributed by atoms with Gasteiger partial charge in [-0.1, -0.05) is 50.0 Å². The molecule has 1 rings (SSSR count). The van der Waals surface area contributed by atoms with Gasteiger partial charge >= 0.3 is 0 Å². The summed E-state index contributed by atoms with van der Waals surface area (Å²) in [6.45, 7) is 8.13. The van der Waals surface area contributed by atoms with Gasteiger partial charge in [-0.05, 0) is 30.0 Å². The molecule has 0 bridgehead atoms. The largest absolute Gasteiger partial charge is 0.339 e. The maximum absolute atomic E-state index is 12.2. The molecular formula is C15H21Cl2NO. The number of carbonyl (C=O) groups excluding carboxylic acids is 1. The van der Waals surface area contributed by atoms with Crippen molar-refractivity contribution in [1.82, 2.24) is 4.90 Å². The number of nitrogens with zero attached hydrogens (tertiary/aromatic N) is 1. The third kappa shape index (κ3) is 4.70. The van der Waals surface area contributed by atoms with Crippen LogP contribution in [-0.4, -0.2) is 17.9 Å². The Kier molecular flexibility index (Phi) is 5.28. The smallest absolute Gasteiger partial charge is 0.223 e. The molecule has 0 spiro atoms. The molecule has 0 saturated carbocycles. The van der Waals surface area contributed by atoms with Gasteiger partial charge in [-0.3, -0.25) is 4.79 Å². The molecule has 0 radical (unpaired) electrons. The molecule has 1 aromatic rings.